The van der Waals surface area contributed by atoms with Crippen LogP contribution in [0.4, 0.5) is 0 Å². The van der Waals surface area contributed by atoms with E-state index >= 15 is 0 Å². The first-order chi connectivity index (χ1) is 14.6. The second kappa shape index (κ2) is 11.4. The molecule has 0 radical (unpaired) electrons. The number of carbonyl (C=O) groups is 1. The average Bonchev–Trinajstić information content (AvgIpc) is 3.17. The number of nitrogens with one attached hydrogen (secondary N) is 2. The summed E-state index contributed by atoms with van der Waals surface area (Å²) in [6, 6.07) is 16.8. The molecule has 0 aliphatic rings. The van der Waals surface area contributed by atoms with Crippen molar-refractivity contribution in [1.29, 1.82) is 0 Å². The SMILES string of the molecule is Brc1ccc2[nH]cc(-c3ccc4cc(I)ccc4n3)c2c1.NCCCCCNC=O. The summed E-state index contributed by atoms with van der Waals surface area (Å²) in [5.74, 6) is 0. The van der Waals surface area contributed by atoms with E-state index in [4.69, 9.17) is 10.7 Å². The van der Waals surface area contributed by atoms with Gasteiger partial charge in [-0.25, -0.2) is 4.98 Å². The number of benzene rings is 2. The number of carbonyl (C=O) groups excluding carboxylic acids is 1. The highest BCUT2D eigenvalue weighted by Gasteiger charge is 2.08. The Morgan fingerprint density at radius 1 is 1.10 bits per heavy atom. The van der Waals surface area contributed by atoms with Crippen molar-refractivity contribution in [3.05, 3.63) is 62.8 Å². The summed E-state index contributed by atoms with van der Waals surface area (Å²) in [5.41, 5.74) is 9.53. The number of nitrogens with zero attached hydrogens (tertiary/aromatic N) is 1. The van der Waals surface area contributed by atoms with Crippen LogP contribution in [0.25, 0.3) is 33.1 Å². The zero-order chi connectivity index (χ0) is 21.3. The molecule has 4 aromatic rings. The molecule has 0 atom stereocenters. The molecule has 0 saturated heterocycles. The van der Waals surface area contributed by atoms with Gasteiger partial charge in [0, 0.05) is 42.6 Å². The molecule has 7 heteroatoms. The molecule has 4 N–H and O–H groups in total. The first-order valence-corrected chi connectivity index (χ1v) is 11.7. The maximum atomic E-state index is 9.70. The van der Waals surface area contributed by atoms with Gasteiger partial charge in [-0.1, -0.05) is 28.4 Å². The van der Waals surface area contributed by atoms with Gasteiger partial charge in [-0.05, 0) is 84.4 Å². The van der Waals surface area contributed by atoms with Gasteiger partial charge in [0.2, 0.25) is 6.41 Å². The Hall–Kier alpha value is -1.97. The third kappa shape index (κ3) is 6.02. The Labute approximate surface area is 198 Å². The van der Waals surface area contributed by atoms with Crippen molar-refractivity contribution in [1.82, 2.24) is 15.3 Å². The van der Waals surface area contributed by atoms with E-state index in [9.17, 15) is 4.79 Å². The lowest BCUT2D eigenvalue weighted by molar-refractivity contribution is -0.109. The summed E-state index contributed by atoms with van der Waals surface area (Å²) in [4.78, 5) is 17.8. The molecule has 30 heavy (non-hydrogen) atoms. The van der Waals surface area contributed by atoms with Gasteiger partial charge in [0.05, 0.1) is 11.2 Å². The summed E-state index contributed by atoms with van der Waals surface area (Å²) >= 11 is 5.86. The molecule has 5 nitrogen and oxygen atoms in total. The number of hydrogen-bond acceptors (Lipinski definition) is 3. The fraction of sp³-hybridized carbons (Fsp3) is 0.217. The second-order valence-electron chi connectivity index (χ2n) is 6.85. The number of nitrogens with two attached hydrogens (primary N) is 1. The van der Waals surface area contributed by atoms with Crippen molar-refractivity contribution >= 4 is 66.7 Å². The van der Waals surface area contributed by atoms with Gasteiger partial charge in [-0.2, -0.15) is 0 Å². The summed E-state index contributed by atoms with van der Waals surface area (Å²) in [6.07, 6.45) is 5.95. The normalized spacial score (nSPS) is 10.6. The van der Waals surface area contributed by atoms with Crippen molar-refractivity contribution < 1.29 is 4.79 Å². The Bertz CT molecular complexity index is 1130. The van der Waals surface area contributed by atoms with Gasteiger partial charge in [0.25, 0.3) is 0 Å². The molecule has 0 spiro atoms. The molecule has 0 bridgehead atoms. The number of pyridine rings is 1. The van der Waals surface area contributed by atoms with Gasteiger partial charge >= 0.3 is 0 Å². The quantitative estimate of drug-likeness (QED) is 0.151. The monoisotopic (exact) mass is 578 g/mol. The van der Waals surface area contributed by atoms with Crippen LogP contribution >= 0.6 is 38.5 Å². The van der Waals surface area contributed by atoms with Crippen LogP contribution in [0.1, 0.15) is 19.3 Å². The highest BCUT2D eigenvalue weighted by Crippen LogP contribution is 2.30. The minimum atomic E-state index is 0.725. The molecule has 0 aliphatic carbocycles. The fourth-order valence-electron chi connectivity index (χ4n) is 3.16. The minimum Gasteiger partial charge on any atom is -0.360 e. The maximum Gasteiger partial charge on any atom is 0.207 e. The maximum absolute atomic E-state index is 9.70. The molecule has 2 aromatic carbocycles. The van der Waals surface area contributed by atoms with Gasteiger partial charge in [0.1, 0.15) is 0 Å². The molecular weight excluding hydrogens is 555 g/mol. The van der Waals surface area contributed by atoms with Crippen molar-refractivity contribution in [2.24, 2.45) is 5.73 Å². The van der Waals surface area contributed by atoms with Gasteiger partial charge in [0.15, 0.2) is 0 Å². The molecule has 1 amide bonds. The standard InChI is InChI=1S/C17H10BrIN2.C6H14N2O/c18-11-2-5-16-13(8-11)14(9-20-16)17-4-1-10-7-12(19)3-6-15(10)21-17;7-4-2-1-3-5-8-6-9/h1-9,20H;6H,1-5,7H2,(H,8,9). The molecule has 4 rings (SSSR count). The van der Waals surface area contributed by atoms with Crippen LogP contribution < -0.4 is 11.1 Å². The van der Waals surface area contributed by atoms with Gasteiger partial charge in [-0.15, -0.1) is 0 Å². The number of H-pyrrole nitrogens is 1. The first-order valence-electron chi connectivity index (χ1n) is 9.83. The molecule has 0 fully saturated rings. The van der Waals surface area contributed by atoms with E-state index in [-0.39, 0.29) is 0 Å². The third-order valence-electron chi connectivity index (χ3n) is 4.68. The van der Waals surface area contributed by atoms with Gasteiger partial charge in [-0.3, -0.25) is 4.79 Å². The van der Waals surface area contributed by atoms with Crippen LogP contribution in [-0.2, 0) is 4.79 Å². The van der Waals surface area contributed by atoms with Crippen LogP contribution in [0.5, 0.6) is 0 Å². The number of fused-ring (bicyclic) bond motifs is 2. The predicted molar refractivity (Wildman–Crippen MR) is 136 cm³/mol. The summed E-state index contributed by atoms with van der Waals surface area (Å²) < 4.78 is 2.30. The van der Waals surface area contributed by atoms with Gasteiger partial charge < -0.3 is 16.0 Å². The predicted octanol–water partition coefficient (Wildman–Crippen LogP) is 5.61. The minimum absolute atomic E-state index is 0.725. The van der Waals surface area contributed by atoms with Crippen LogP contribution in [0, 0.1) is 3.57 Å². The van der Waals surface area contributed by atoms with Crippen molar-refractivity contribution in [2.45, 2.75) is 19.3 Å². The number of halogens is 2. The second-order valence-corrected chi connectivity index (χ2v) is 9.01. The van der Waals surface area contributed by atoms with Crippen molar-refractivity contribution in [3.8, 4) is 11.3 Å². The smallest absolute Gasteiger partial charge is 0.207 e. The molecule has 156 valence electrons. The highest BCUT2D eigenvalue weighted by atomic mass is 127. The first kappa shape index (κ1) is 22.7. The zero-order valence-corrected chi connectivity index (χ0v) is 20.2. The Balaban J connectivity index is 0.000000244. The Morgan fingerprint density at radius 2 is 1.97 bits per heavy atom. The van der Waals surface area contributed by atoms with E-state index in [1.165, 1.54) is 14.3 Å². The van der Waals surface area contributed by atoms with Crippen molar-refractivity contribution in [3.63, 3.8) is 0 Å². The lowest BCUT2D eigenvalue weighted by Gasteiger charge is -2.03. The molecule has 0 saturated carbocycles. The topological polar surface area (TPSA) is 83.8 Å². The van der Waals surface area contributed by atoms with Crippen LogP contribution in [-0.4, -0.2) is 29.5 Å². The van der Waals surface area contributed by atoms with Crippen LogP contribution in [0.3, 0.4) is 0 Å². The number of aromatic nitrogens is 2. The third-order valence-corrected chi connectivity index (χ3v) is 5.84. The van der Waals surface area contributed by atoms with E-state index in [0.717, 1.165) is 65.5 Å². The number of hydrogen-bond donors (Lipinski definition) is 3. The van der Waals surface area contributed by atoms with E-state index in [1.54, 1.807) is 0 Å². The largest absolute Gasteiger partial charge is 0.360 e. The van der Waals surface area contributed by atoms with E-state index < -0.39 is 0 Å². The summed E-state index contributed by atoms with van der Waals surface area (Å²) in [7, 11) is 0. The lowest BCUT2D eigenvalue weighted by atomic mass is 10.1. The fourth-order valence-corrected chi connectivity index (χ4v) is 4.03. The molecule has 0 aliphatic heterocycles. The number of unbranched alkanes of at least 4 members (excludes halogenated alkanes) is 2. The summed E-state index contributed by atoms with van der Waals surface area (Å²) in [5, 5.41) is 4.94. The number of amides is 1. The zero-order valence-electron chi connectivity index (χ0n) is 16.5. The van der Waals surface area contributed by atoms with E-state index in [2.05, 4.69) is 91.3 Å². The Kier molecular flexibility index (Phi) is 8.65. The molecule has 2 aromatic heterocycles. The van der Waals surface area contributed by atoms with E-state index in [0.29, 0.717) is 0 Å². The average molecular weight is 579 g/mol. The highest BCUT2D eigenvalue weighted by molar-refractivity contribution is 14.1. The van der Waals surface area contributed by atoms with Crippen LogP contribution in [0.15, 0.2) is 59.2 Å². The number of rotatable bonds is 7. The summed E-state index contributed by atoms with van der Waals surface area (Å²) in [6.45, 7) is 1.53. The molecule has 0 unspecified atom stereocenters. The van der Waals surface area contributed by atoms with Crippen LogP contribution in [0.2, 0.25) is 0 Å². The van der Waals surface area contributed by atoms with Crippen molar-refractivity contribution in [2.75, 3.05) is 13.1 Å². The molecule has 2 heterocycles. The lowest BCUT2D eigenvalue weighted by Crippen LogP contribution is -2.12. The molecular formula is C23H24BrIN4O. The Morgan fingerprint density at radius 3 is 2.77 bits per heavy atom. The van der Waals surface area contributed by atoms with E-state index in [1.807, 2.05) is 12.3 Å². The number of aromatic amines is 1.